The van der Waals surface area contributed by atoms with Crippen molar-refractivity contribution in [1.29, 1.82) is 0 Å². The van der Waals surface area contributed by atoms with E-state index in [1.807, 2.05) is 0 Å². The predicted octanol–water partition coefficient (Wildman–Crippen LogP) is 3.58. The number of hydrogen-bond donors (Lipinski definition) is 0. The van der Waals surface area contributed by atoms with E-state index in [9.17, 15) is 0 Å². The van der Waals surface area contributed by atoms with E-state index in [-0.39, 0.29) is 0 Å². The monoisotopic (exact) mass is 320 g/mol. The summed E-state index contributed by atoms with van der Waals surface area (Å²) in [6, 6.07) is 8.97. The Bertz CT molecular complexity index is 746. The van der Waals surface area contributed by atoms with E-state index in [0.29, 0.717) is 0 Å². The highest BCUT2D eigenvalue weighted by Crippen LogP contribution is 2.18. The second-order valence-corrected chi connectivity index (χ2v) is 7.13. The van der Waals surface area contributed by atoms with Crippen LogP contribution >= 0.6 is 0 Å². The standard InChI is InChI=1S/C22H28N2/c1(5-16-24-18-8-12-20-10-6-14-22(20)24)4-15-23-17-7-11-19-9-2-3-13-21(19)23/h2,7-9,11-12,17-18H,1,3-6,10,13-16H2/q+2. The third-order valence-corrected chi connectivity index (χ3v) is 5.51. The van der Waals surface area contributed by atoms with Gasteiger partial charge in [0.05, 0.1) is 0 Å². The van der Waals surface area contributed by atoms with E-state index in [4.69, 9.17) is 0 Å². The number of rotatable bonds is 6. The fourth-order valence-electron chi connectivity index (χ4n) is 4.24. The van der Waals surface area contributed by atoms with Crippen LogP contribution in [0.2, 0.25) is 0 Å². The quantitative estimate of drug-likeness (QED) is 0.568. The summed E-state index contributed by atoms with van der Waals surface area (Å²) in [7, 11) is 0. The minimum atomic E-state index is 1.16. The van der Waals surface area contributed by atoms with Gasteiger partial charge in [-0.3, -0.25) is 0 Å². The third kappa shape index (κ3) is 3.28. The molecule has 2 aliphatic rings. The van der Waals surface area contributed by atoms with Crippen molar-refractivity contribution in [2.24, 2.45) is 0 Å². The zero-order chi connectivity index (χ0) is 16.2. The predicted molar refractivity (Wildman–Crippen MR) is 96.5 cm³/mol. The Hall–Kier alpha value is -1.96. The average Bonchev–Trinajstić information content (AvgIpc) is 3.11. The van der Waals surface area contributed by atoms with Gasteiger partial charge in [-0.15, -0.1) is 0 Å². The van der Waals surface area contributed by atoms with Gasteiger partial charge in [0.25, 0.3) is 0 Å². The molecule has 0 spiro atoms. The van der Waals surface area contributed by atoms with E-state index in [0.717, 1.165) is 6.54 Å². The van der Waals surface area contributed by atoms with Gasteiger partial charge in [0.2, 0.25) is 0 Å². The number of pyridine rings is 2. The number of unbranched alkanes of at least 4 members (excludes halogenated alkanes) is 2. The molecule has 0 aromatic carbocycles. The Morgan fingerprint density at radius 2 is 1.58 bits per heavy atom. The van der Waals surface area contributed by atoms with Crippen molar-refractivity contribution in [2.45, 2.75) is 64.5 Å². The smallest absolute Gasteiger partial charge is 0.188 e. The van der Waals surface area contributed by atoms with Gasteiger partial charge in [-0.25, -0.2) is 9.13 Å². The molecule has 2 aromatic heterocycles. The molecule has 4 rings (SSSR count). The van der Waals surface area contributed by atoms with Crippen molar-refractivity contribution in [3.05, 3.63) is 65.2 Å². The molecule has 2 aliphatic carbocycles. The second-order valence-electron chi connectivity index (χ2n) is 7.13. The molecule has 0 saturated carbocycles. The highest BCUT2D eigenvalue weighted by molar-refractivity contribution is 5.52. The van der Waals surface area contributed by atoms with Crippen LogP contribution in [0.15, 0.2) is 42.7 Å². The van der Waals surface area contributed by atoms with Crippen LogP contribution in [0.4, 0.5) is 0 Å². The SMILES string of the molecule is C1=Cc2ccc[n+](CCCCC[n+]3cccc4c3CCC4)c2CC1. The lowest BCUT2D eigenvalue weighted by Gasteiger charge is -2.09. The van der Waals surface area contributed by atoms with Gasteiger partial charge in [-0.1, -0.05) is 12.2 Å². The van der Waals surface area contributed by atoms with Gasteiger partial charge >= 0.3 is 0 Å². The number of nitrogens with zero attached hydrogens (tertiary/aromatic N) is 2. The lowest BCUT2D eigenvalue weighted by molar-refractivity contribution is -0.708. The molecule has 2 heterocycles. The van der Waals surface area contributed by atoms with Gasteiger partial charge in [0.1, 0.15) is 13.1 Å². The van der Waals surface area contributed by atoms with Gasteiger partial charge < -0.3 is 0 Å². The van der Waals surface area contributed by atoms with E-state index in [1.165, 1.54) is 69.2 Å². The van der Waals surface area contributed by atoms with E-state index >= 15 is 0 Å². The summed E-state index contributed by atoms with van der Waals surface area (Å²) in [4.78, 5) is 0. The molecule has 0 bridgehead atoms. The van der Waals surface area contributed by atoms with Crippen LogP contribution in [0.5, 0.6) is 0 Å². The normalized spacial score (nSPS) is 15.3. The topological polar surface area (TPSA) is 7.76 Å². The van der Waals surface area contributed by atoms with Crippen LogP contribution in [-0.2, 0) is 32.4 Å². The van der Waals surface area contributed by atoms with E-state index < -0.39 is 0 Å². The summed E-state index contributed by atoms with van der Waals surface area (Å²) >= 11 is 0. The van der Waals surface area contributed by atoms with Gasteiger partial charge in [-0.2, -0.15) is 0 Å². The number of allylic oxidation sites excluding steroid dienone is 1. The average molecular weight is 320 g/mol. The van der Waals surface area contributed by atoms with Crippen LogP contribution in [0.25, 0.3) is 6.08 Å². The summed E-state index contributed by atoms with van der Waals surface area (Å²) in [6.07, 6.45) is 19.3. The Balaban J connectivity index is 1.29. The summed E-state index contributed by atoms with van der Waals surface area (Å²) in [5.74, 6) is 0. The van der Waals surface area contributed by atoms with Crippen molar-refractivity contribution in [3.8, 4) is 0 Å². The minimum Gasteiger partial charge on any atom is -0.202 e. The van der Waals surface area contributed by atoms with Crippen LogP contribution in [0, 0.1) is 0 Å². The number of aryl methyl sites for hydroxylation is 3. The molecule has 0 aliphatic heterocycles. The number of fused-ring (bicyclic) bond motifs is 2. The number of hydrogen-bond acceptors (Lipinski definition) is 0. The molecule has 0 atom stereocenters. The maximum Gasteiger partial charge on any atom is 0.188 e. The molecule has 0 amide bonds. The Labute approximate surface area is 145 Å². The summed E-state index contributed by atoms with van der Waals surface area (Å²) in [6.45, 7) is 2.35. The molecule has 124 valence electrons. The molecular weight excluding hydrogens is 292 g/mol. The first-order valence-electron chi connectivity index (χ1n) is 9.60. The largest absolute Gasteiger partial charge is 0.202 e. The first-order chi connectivity index (χ1) is 11.9. The molecule has 0 fully saturated rings. The Morgan fingerprint density at radius 1 is 0.792 bits per heavy atom. The van der Waals surface area contributed by atoms with Crippen molar-refractivity contribution >= 4 is 6.08 Å². The Morgan fingerprint density at radius 3 is 2.46 bits per heavy atom. The van der Waals surface area contributed by atoms with Crippen LogP contribution < -0.4 is 9.13 Å². The third-order valence-electron chi connectivity index (χ3n) is 5.51. The summed E-state index contributed by atoms with van der Waals surface area (Å²) in [5, 5.41) is 0. The molecule has 0 saturated heterocycles. The second kappa shape index (κ2) is 7.29. The molecule has 24 heavy (non-hydrogen) atoms. The molecule has 0 radical (unpaired) electrons. The first kappa shape index (κ1) is 15.6. The van der Waals surface area contributed by atoms with Gasteiger partial charge in [-0.05, 0) is 37.8 Å². The molecular formula is C22H28N2+2. The van der Waals surface area contributed by atoms with Crippen molar-refractivity contribution in [3.63, 3.8) is 0 Å². The summed E-state index contributed by atoms with van der Waals surface area (Å²) in [5.41, 5.74) is 6.11. The molecule has 2 nitrogen and oxygen atoms in total. The fraction of sp³-hybridized carbons (Fsp3) is 0.455. The summed E-state index contributed by atoms with van der Waals surface area (Å²) < 4.78 is 4.98. The van der Waals surface area contributed by atoms with Crippen LogP contribution in [0.1, 0.15) is 54.6 Å². The number of aromatic nitrogens is 2. The fourth-order valence-corrected chi connectivity index (χ4v) is 4.24. The zero-order valence-electron chi connectivity index (χ0n) is 14.6. The van der Waals surface area contributed by atoms with Crippen molar-refractivity contribution in [1.82, 2.24) is 0 Å². The lowest BCUT2D eigenvalue weighted by atomic mass is 10.0. The van der Waals surface area contributed by atoms with E-state index in [1.54, 1.807) is 11.3 Å². The van der Waals surface area contributed by atoms with Gasteiger partial charge in [0.15, 0.2) is 23.8 Å². The molecule has 2 heteroatoms. The molecule has 0 unspecified atom stereocenters. The minimum absolute atomic E-state index is 1.16. The van der Waals surface area contributed by atoms with Crippen LogP contribution in [0.3, 0.4) is 0 Å². The highest BCUT2D eigenvalue weighted by atomic mass is 15.0. The first-order valence-corrected chi connectivity index (χ1v) is 9.60. The van der Waals surface area contributed by atoms with Gasteiger partial charge in [0, 0.05) is 48.9 Å². The lowest BCUT2D eigenvalue weighted by Crippen LogP contribution is -2.40. The van der Waals surface area contributed by atoms with Crippen molar-refractivity contribution in [2.75, 3.05) is 0 Å². The maximum atomic E-state index is 2.50. The molecule has 2 aromatic rings. The maximum absolute atomic E-state index is 2.50. The highest BCUT2D eigenvalue weighted by Gasteiger charge is 2.20. The Kier molecular flexibility index (Phi) is 4.73. The van der Waals surface area contributed by atoms with E-state index in [2.05, 4.69) is 57.9 Å². The molecule has 0 N–H and O–H groups in total. The van der Waals surface area contributed by atoms with Crippen LogP contribution in [-0.4, -0.2) is 0 Å². The van der Waals surface area contributed by atoms with Crippen molar-refractivity contribution < 1.29 is 9.13 Å². The zero-order valence-corrected chi connectivity index (χ0v) is 14.6.